The lowest BCUT2D eigenvalue weighted by atomic mass is 10.2. The van der Waals surface area contributed by atoms with Crippen LogP contribution < -0.4 is 5.43 Å². The van der Waals surface area contributed by atoms with E-state index in [-0.39, 0.29) is 11.7 Å². The van der Waals surface area contributed by atoms with Crippen molar-refractivity contribution in [2.24, 2.45) is 5.10 Å². The van der Waals surface area contributed by atoms with Gasteiger partial charge in [0.2, 0.25) is 0 Å². The van der Waals surface area contributed by atoms with Crippen molar-refractivity contribution >= 4 is 35.5 Å². The number of aryl methyl sites for hydroxylation is 2. The molecule has 1 heterocycles. The van der Waals surface area contributed by atoms with Crippen molar-refractivity contribution in [3.63, 3.8) is 0 Å². The summed E-state index contributed by atoms with van der Waals surface area (Å²) in [6, 6.07) is 9.04. The zero-order valence-corrected chi connectivity index (χ0v) is 13.8. The van der Waals surface area contributed by atoms with Crippen molar-refractivity contribution in [3.8, 4) is 0 Å². The Bertz CT molecular complexity index is 668. The van der Waals surface area contributed by atoms with Crippen molar-refractivity contribution in [1.29, 1.82) is 0 Å². The molecule has 0 aliphatic rings. The number of amides is 1. The van der Waals surface area contributed by atoms with Gasteiger partial charge in [-0.15, -0.1) is 0 Å². The summed E-state index contributed by atoms with van der Waals surface area (Å²) in [4.78, 5) is 20.2. The Balaban J connectivity index is 1.81. The maximum atomic E-state index is 11.7. The first-order chi connectivity index (χ1) is 10.5. The van der Waals surface area contributed by atoms with Crippen LogP contribution in [0.1, 0.15) is 17.0 Å². The first kappa shape index (κ1) is 16.5. The summed E-state index contributed by atoms with van der Waals surface area (Å²) >= 11 is 7.07. The fourth-order valence-corrected chi connectivity index (χ4v) is 2.52. The summed E-state index contributed by atoms with van der Waals surface area (Å²) in [6.07, 6.45) is 1.56. The summed E-state index contributed by atoms with van der Waals surface area (Å²) in [5, 5.41) is 5.15. The molecular weight excluding hydrogens is 320 g/mol. The lowest BCUT2D eigenvalue weighted by Crippen LogP contribution is -2.19. The summed E-state index contributed by atoms with van der Waals surface area (Å²) < 4.78 is 0. The van der Waals surface area contributed by atoms with Crippen molar-refractivity contribution in [2.45, 2.75) is 19.0 Å². The molecule has 0 bridgehead atoms. The lowest BCUT2D eigenvalue weighted by Gasteiger charge is -2.02. The molecule has 0 aliphatic heterocycles. The van der Waals surface area contributed by atoms with Crippen LogP contribution in [0.2, 0.25) is 5.02 Å². The highest BCUT2D eigenvalue weighted by Crippen LogP contribution is 2.13. The third-order valence-electron chi connectivity index (χ3n) is 2.57. The van der Waals surface area contributed by atoms with Crippen molar-refractivity contribution in [3.05, 3.63) is 52.3 Å². The molecule has 0 radical (unpaired) electrons. The van der Waals surface area contributed by atoms with Crippen LogP contribution in [-0.2, 0) is 4.79 Å². The van der Waals surface area contributed by atoms with E-state index in [4.69, 9.17) is 11.6 Å². The van der Waals surface area contributed by atoms with Gasteiger partial charge in [0.1, 0.15) is 0 Å². The third-order valence-corrected chi connectivity index (χ3v) is 3.67. The number of nitrogens with one attached hydrogen (secondary N) is 1. The van der Waals surface area contributed by atoms with Gasteiger partial charge >= 0.3 is 0 Å². The SMILES string of the molecule is Cc1cc(C)nc(SCC(=O)N/N=C\c2ccc(Cl)cc2)n1. The van der Waals surface area contributed by atoms with Crippen molar-refractivity contribution in [2.75, 3.05) is 5.75 Å². The van der Waals surface area contributed by atoms with Crippen LogP contribution in [0.3, 0.4) is 0 Å². The number of carbonyl (C=O) groups is 1. The van der Waals surface area contributed by atoms with Gasteiger partial charge in [-0.3, -0.25) is 4.79 Å². The van der Waals surface area contributed by atoms with Crippen LogP contribution in [-0.4, -0.2) is 27.8 Å². The van der Waals surface area contributed by atoms with Gasteiger partial charge in [-0.05, 0) is 37.6 Å². The number of hydrazone groups is 1. The number of carbonyl (C=O) groups excluding carboxylic acids is 1. The van der Waals surface area contributed by atoms with E-state index < -0.39 is 0 Å². The van der Waals surface area contributed by atoms with Crippen LogP contribution in [0.4, 0.5) is 0 Å². The summed E-state index contributed by atoms with van der Waals surface area (Å²) in [5.41, 5.74) is 5.09. The molecule has 114 valence electrons. The second kappa shape index (κ2) is 7.91. The maximum Gasteiger partial charge on any atom is 0.250 e. The largest absolute Gasteiger partial charge is 0.272 e. The normalized spacial score (nSPS) is 10.9. The highest BCUT2D eigenvalue weighted by atomic mass is 35.5. The number of rotatable bonds is 5. The Morgan fingerprint density at radius 1 is 1.27 bits per heavy atom. The second-order valence-electron chi connectivity index (χ2n) is 4.57. The molecule has 1 amide bonds. The molecule has 0 aliphatic carbocycles. The minimum Gasteiger partial charge on any atom is -0.272 e. The first-order valence-electron chi connectivity index (χ1n) is 6.55. The van der Waals surface area contributed by atoms with Gasteiger partial charge in [0.25, 0.3) is 5.91 Å². The molecule has 5 nitrogen and oxygen atoms in total. The van der Waals surface area contributed by atoms with Crippen molar-refractivity contribution < 1.29 is 4.79 Å². The molecule has 2 aromatic rings. The molecule has 1 aromatic carbocycles. The van der Waals surface area contributed by atoms with Crippen LogP contribution in [0.25, 0.3) is 0 Å². The fourth-order valence-electron chi connectivity index (χ4n) is 1.65. The minimum atomic E-state index is -0.210. The average Bonchev–Trinajstić information content (AvgIpc) is 2.46. The number of thioether (sulfide) groups is 1. The standard InChI is InChI=1S/C15H15ClN4OS/c1-10-7-11(2)19-15(18-10)22-9-14(21)20-17-8-12-3-5-13(16)6-4-12/h3-8H,9H2,1-2H3,(H,20,21)/b17-8-. The van der Waals surface area contributed by atoms with E-state index in [0.29, 0.717) is 10.2 Å². The number of hydrogen-bond donors (Lipinski definition) is 1. The van der Waals surface area contributed by atoms with E-state index in [1.165, 1.54) is 11.8 Å². The Hall–Kier alpha value is -1.92. The topological polar surface area (TPSA) is 67.2 Å². The molecule has 1 N–H and O–H groups in total. The van der Waals surface area contributed by atoms with E-state index >= 15 is 0 Å². The maximum absolute atomic E-state index is 11.7. The number of aromatic nitrogens is 2. The lowest BCUT2D eigenvalue weighted by molar-refractivity contribution is -0.118. The third kappa shape index (κ3) is 5.46. The van der Waals surface area contributed by atoms with E-state index in [1.54, 1.807) is 18.3 Å². The number of benzene rings is 1. The molecular formula is C15H15ClN4OS. The Morgan fingerprint density at radius 2 is 1.91 bits per heavy atom. The molecule has 0 atom stereocenters. The summed E-state index contributed by atoms with van der Waals surface area (Å²) in [7, 11) is 0. The molecule has 1 aromatic heterocycles. The Labute approximate surface area is 138 Å². The molecule has 7 heteroatoms. The van der Waals surface area contributed by atoms with E-state index in [0.717, 1.165) is 17.0 Å². The second-order valence-corrected chi connectivity index (χ2v) is 5.95. The highest BCUT2D eigenvalue weighted by Gasteiger charge is 2.05. The fraction of sp³-hybridized carbons (Fsp3) is 0.200. The van der Waals surface area contributed by atoms with Crippen LogP contribution in [0.15, 0.2) is 40.6 Å². The van der Waals surface area contributed by atoms with Gasteiger partial charge in [0.15, 0.2) is 5.16 Å². The van der Waals surface area contributed by atoms with Crippen LogP contribution in [0, 0.1) is 13.8 Å². The van der Waals surface area contributed by atoms with Crippen LogP contribution >= 0.6 is 23.4 Å². The Morgan fingerprint density at radius 3 is 2.55 bits per heavy atom. The highest BCUT2D eigenvalue weighted by molar-refractivity contribution is 7.99. The molecule has 0 fully saturated rings. The average molecular weight is 335 g/mol. The van der Waals surface area contributed by atoms with Gasteiger partial charge in [0, 0.05) is 16.4 Å². The van der Waals surface area contributed by atoms with Gasteiger partial charge < -0.3 is 0 Å². The molecule has 0 saturated carbocycles. The van der Waals surface area contributed by atoms with Crippen molar-refractivity contribution in [1.82, 2.24) is 15.4 Å². The molecule has 0 spiro atoms. The van der Waals surface area contributed by atoms with Gasteiger partial charge in [-0.2, -0.15) is 5.10 Å². The van der Waals surface area contributed by atoms with Crippen LogP contribution in [0.5, 0.6) is 0 Å². The van der Waals surface area contributed by atoms with Gasteiger partial charge in [-0.1, -0.05) is 35.5 Å². The quantitative estimate of drug-likeness (QED) is 0.395. The molecule has 22 heavy (non-hydrogen) atoms. The molecule has 2 rings (SSSR count). The monoisotopic (exact) mass is 334 g/mol. The zero-order chi connectivity index (χ0) is 15.9. The summed E-state index contributed by atoms with van der Waals surface area (Å²) in [6.45, 7) is 3.80. The number of nitrogens with zero attached hydrogens (tertiary/aromatic N) is 3. The number of hydrogen-bond acceptors (Lipinski definition) is 5. The van der Waals surface area contributed by atoms with E-state index in [9.17, 15) is 4.79 Å². The number of halogens is 1. The van der Waals surface area contributed by atoms with Gasteiger partial charge in [0.05, 0.1) is 12.0 Å². The smallest absolute Gasteiger partial charge is 0.250 e. The zero-order valence-electron chi connectivity index (χ0n) is 12.2. The Kier molecular flexibility index (Phi) is 5.91. The predicted octanol–water partition coefficient (Wildman–Crippen LogP) is 2.99. The molecule has 0 saturated heterocycles. The van der Waals surface area contributed by atoms with E-state index in [2.05, 4.69) is 20.5 Å². The van der Waals surface area contributed by atoms with E-state index in [1.807, 2.05) is 32.0 Å². The summed E-state index contributed by atoms with van der Waals surface area (Å²) in [5.74, 6) is -0.00103. The minimum absolute atomic E-state index is 0.209. The molecule has 0 unspecified atom stereocenters. The first-order valence-corrected chi connectivity index (χ1v) is 7.92. The predicted molar refractivity (Wildman–Crippen MR) is 89.4 cm³/mol. The van der Waals surface area contributed by atoms with Gasteiger partial charge in [-0.25, -0.2) is 15.4 Å².